The number of carbonyl (C=O) groups is 1. The summed E-state index contributed by atoms with van der Waals surface area (Å²) in [4.78, 5) is 19.9. The molecule has 0 amide bonds. The molecule has 0 saturated carbocycles. The van der Waals surface area contributed by atoms with Crippen molar-refractivity contribution in [2.45, 2.75) is 19.4 Å². The summed E-state index contributed by atoms with van der Waals surface area (Å²) in [7, 11) is -3.07. The predicted octanol–water partition coefficient (Wildman–Crippen LogP) is 0.167. The van der Waals surface area contributed by atoms with Gasteiger partial charge in [-0.25, -0.2) is 0 Å². The van der Waals surface area contributed by atoms with Crippen LogP contribution in [0.3, 0.4) is 0 Å². The Morgan fingerprint density at radius 2 is 2.23 bits per heavy atom. The van der Waals surface area contributed by atoms with Crippen LogP contribution in [0.4, 0.5) is 0 Å². The van der Waals surface area contributed by atoms with Gasteiger partial charge in [0.15, 0.2) is 7.37 Å². The molecule has 13 heavy (non-hydrogen) atoms. The number of nitrogens with two attached hydrogens (primary N) is 1. The summed E-state index contributed by atoms with van der Waals surface area (Å²) in [5.74, 6) is -0.518. The molecule has 0 aromatic carbocycles. The first-order valence-electron chi connectivity index (χ1n) is 4.08. The van der Waals surface area contributed by atoms with Gasteiger partial charge in [0.1, 0.15) is 6.04 Å². The maximum Gasteiger partial charge on any atom is 0.322 e. The molecule has 0 aromatic rings. The van der Waals surface area contributed by atoms with Crippen molar-refractivity contribution in [1.29, 1.82) is 0 Å². The van der Waals surface area contributed by atoms with E-state index in [1.54, 1.807) is 6.92 Å². The zero-order valence-electron chi connectivity index (χ0n) is 7.90. The summed E-state index contributed by atoms with van der Waals surface area (Å²) in [6, 6.07) is -0.791. The van der Waals surface area contributed by atoms with Crippen LogP contribution in [0.2, 0.25) is 0 Å². The van der Waals surface area contributed by atoms with Crippen LogP contribution >= 0.6 is 7.37 Å². The molecule has 0 rings (SSSR count). The standard InChI is InChI=1S/C7H16NO4P/c1-3-12-7(9)6(8)4-5-13(2,10)11/h6H,3-5,8H2,1-2H3,(H,10,11). The van der Waals surface area contributed by atoms with E-state index in [-0.39, 0.29) is 19.2 Å². The molecule has 2 unspecified atom stereocenters. The smallest absolute Gasteiger partial charge is 0.322 e. The monoisotopic (exact) mass is 209 g/mol. The lowest BCUT2D eigenvalue weighted by atomic mass is 10.2. The molecular formula is C7H16NO4P. The topological polar surface area (TPSA) is 89.6 Å². The summed E-state index contributed by atoms with van der Waals surface area (Å²) in [5, 5.41) is 0. The molecule has 0 aromatic heterocycles. The highest BCUT2D eigenvalue weighted by Crippen LogP contribution is 2.35. The largest absolute Gasteiger partial charge is 0.465 e. The molecule has 0 aliphatic heterocycles. The Bertz CT molecular complexity index is 213. The molecule has 0 radical (unpaired) electrons. The van der Waals surface area contributed by atoms with Crippen molar-refractivity contribution in [3.05, 3.63) is 0 Å². The van der Waals surface area contributed by atoms with Crippen molar-refractivity contribution in [2.75, 3.05) is 19.4 Å². The lowest BCUT2D eigenvalue weighted by molar-refractivity contribution is -0.144. The van der Waals surface area contributed by atoms with Crippen LogP contribution in [0.1, 0.15) is 13.3 Å². The Morgan fingerprint density at radius 3 is 2.62 bits per heavy atom. The van der Waals surface area contributed by atoms with Crippen LogP contribution in [0.25, 0.3) is 0 Å². The summed E-state index contributed by atoms with van der Waals surface area (Å²) < 4.78 is 15.5. The Morgan fingerprint density at radius 1 is 1.69 bits per heavy atom. The minimum absolute atomic E-state index is 0.0486. The molecule has 3 N–H and O–H groups in total. The summed E-state index contributed by atoms with van der Waals surface area (Å²) in [6.45, 7) is 3.20. The molecule has 0 heterocycles. The number of esters is 1. The van der Waals surface area contributed by atoms with Gasteiger partial charge in [-0.15, -0.1) is 0 Å². The fraction of sp³-hybridized carbons (Fsp3) is 0.857. The lowest BCUT2D eigenvalue weighted by Gasteiger charge is -2.11. The van der Waals surface area contributed by atoms with Crippen LogP contribution in [0.5, 0.6) is 0 Å². The number of rotatable bonds is 5. The average molecular weight is 209 g/mol. The molecule has 2 atom stereocenters. The second kappa shape index (κ2) is 5.37. The highest BCUT2D eigenvalue weighted by molar-refractivity contribution is 7.57. The van der Waals surface area contributed by atoms with E-state index in [0.717, 1.165) is 0 Å². The van der Waals surface area contributed by atoms with Crippen molar-refractivity contribution in [2.24, 2.45) is 5.73 Å². The number of hydrogen-bond donors (Lipinski definition) is 2. The quantitative estimate of drug-likeness (QED) is 0.497. The third-order valence-electron chi connectivity index (χ3n) is 1.44. The van der Waals surface area contributed by atoms with E-state index in [2.05, 4.69) is 4.74 Å². The Kier molecular flexibility index (Phi) is 5.21. The van der Waals surface area contributed by atoms with E-state index < -0.39 is 19.4 Å². The first kappa shape index (κ1) is 12.6. The normalized spacial score (nSPS) is 17.5. The second-order valence-corrected chi connectivity index (χ2v) is 5.47. The van der Waals surface area contributed by atoms with Gasteiger partial charge in [-0.05, 0) is 13.3 Å². The van der Waals surface area contributed by atoms with Gasteiger partial charge in [0.2, 0.25) is 0 Å². The summed E-state index contributed by atoms with van der Waals surface area (Å²) in [6.07, 6.45) is 0.232. The van der Waals surface area contributed by atoms with Crippen LogP contribution in [0.15, 0.2) is 0 Å². The molecular weight excluding hydrogens is 193 g/mol. The van der Waals surface area contributed by atoms with E-state index >= 15 is 0 Å². The minimum Gasteiger partial charge on any atom is -0.465 e. The van der Waals surface area contributed by atoms with Crippen molar-refractivity contribution in [3.63, 3.8) is 0 Å². The second-order valence-electron chi connectivity index (χ2n) is 2.92. The van der Waals surface area contributed by atoms with E-state index in [0.29, 0.717) is 0 Å². The van der Waals surface area contributed by atoms with Gasteiger partial charge < -0.3 is 15.4 Å². The number of hydrogen-bond acceptors (Lipinski definition) is 4. The maximum absolute atomic E-state index is 10.9. The van der Waals surface area contributed by atoms with E-state index in [1.165, 1.54) is 6.66 Å². The van der Waals surface area contributed by atoms with Gasteiger partial charge in [-0.3, -0.25) is 9.36 Å². The predicted molar refractivity (Wildman–Crippen MR) is 49.8 cm³/mol. The molecule has 0 spiro atoms. The fourth-order valence-corrected chi connectivity index (χ4v) is 1.50. The molecule has 0 saturated heterocycles. The van der Waals surface area contributed by atoms with Gasteiger partial charge in [0.05, 0.1) is 6.61 Å². The fourth-order valence-electron chi connectivity index (χ4n) is 0.746. The molecule has 0 aliphatic carbocycles. The third-order valence-corrected chi connectivity index (χ3v) is 2.53. The highest BCUT2D eigenvalue weighted by atomic mass is 31.2. The molecule has 0 fully saturated rings. The van der Waals surface area contributed by atoms with Crippen LogP contribution in [-0.2, 0) is 14.1 Å². The molecule has 0 bridgehead atoms. The zero-order chi connectivity index (χ0) is 10.5. The molecule has 0 aliphatic rings. The SMILES string of the molecule is CCOC(=O)C(N)CCP(C)(=O)O. The van der Waals surface area contributed by atoms with Crippen LogP contribution < -0.4 is 5.73 Å². The summed E-state index contributed by atoms with van der Waals surface area (Å²) in [5.41, 5.74) is 5.40. The van der Waals surface area contributed by atoms with Crippen molar-refractivity contribution < 1.29 is 19.0 Å². The molecule has 6 heteroatoms. The van der Waals surface area contributed by atoms with Crippen LogP contribution in [0, 0.1) is 0 Å². The van der Waals surface area contributed by atoms with Gasteiger partial charge in [0.25, 0.3) is 0 Å². The summed E-state index contributed by atoms with van der Waals surface area (Å²) >= 11 is 0. The zero-order valence-corrected chi connectivity index (χ0v) is 8.79. The van der Waals surface area contributed by atoms with E-state index in [4.69, 9.17) is 10.6 Å². The van der Waals surface area contributed by atoms with Gasteiger partial charge in [-0.2, -0.15) is 0 Å². The highest BCUT2D eigenvalue weighted by Gasteiger charge is 2.18. The average Bonchev–Trinajstić information content (AvgIpc) is 1.99. The Hall–Kier alpha value is -0.380. The van der Waals surface area contributed by atoms with Crippen molar-refractivity contribution in [3.8, 4) is 0 Å². The number of carbonyl (C=O) groups excluding carboxylic acids is 1. The maximum atomic E-state index is 10.9. The van der Waals surface area contributed by atoms with Crippen molar-refractivity contribution in [1.82, 2.24) is 0 Å². The lowest BCUT2D eigenvalue weighted by Crippen LogP contribution is -2.33. The van der Waals surface area contributed by atoms with E-state index in [1.807, 2.05) is 0 Å². The van der Waals surface area contributed by atoms with Crippen LogP contribution in [-0.4, -0.2) is 36.3 Å². The van der Waals surface area contributed by atoms with Crippen molar-refractivity contribution >= 4 is 13.3 Å². The Labute approximate surface area is 77.7 Å². The minimum atomic E-state index is -3.07. The van der Waals surface area contributed by atoms with Gasteiger partial charge >= 0.3 is 5.97 Å². The molecule has 5 nitrogen and oxygen atoms in total. The van der Waals surface area contributed by atoms with Gasteiger partial charge in [-0.1, -0.05) is 0 Å². The first-order valence-corrected chi connectivity index (χ1v) is 6.37. The third kappa shape index (κ3) is 6.75. The number of ether oxygens (including phenoxy) is 1. The van der Waals surface area contributed by atoms with E-state index in [9.17, 15) is 9.36 Å². The molecule has 78 valence electrons. The Balaban J connectivity index is 3.81. The first-order chi connectivity index (χ1) is 5.87. The van der Waals surface area contributed by atoms with Gasteiger partial charge in [0, 0.05) is 12.8 Å².